The van der Waals surface area contributed by atoms with Crippen LogP contribution in [-0.2, 0) is 16.6 Å². The fourth-order valence-corrected chi connectivity index (χ4v) is 3.42. The number of benzene rings is 1. The van der Waals surface area contributed by atoms with Gasteiger partial charge in [-0.05, 0) is 49.3 Å². The minimum atomic E-state index is 0.0914. The van der Waals surface area contributed by atoms with E-state index >= 15 is 0 Å². The number of piperidine rings is 1. The largest absolute Gasteiger partial charge is 0.464 e. The van der Waals surface area contributed by atoms with Gasteiger partial charge in [0.1, 0.15) is 5.58 Å². The number of amides is 1. The molecule has 124 valence electrons. The maximum atomic E-state index is 12.7. The third kappa shape index (κ3) is 3.29. The molecule has 23 heavy (non-hydrogen) atoms. The molecule has 3 heteroatoms. The summed E-state index contributed by atoms with van der Waals surface area (Å²) in [6.07, 6.45) is 5.66. The van der Waals surface area contributed by atoms with Crippen molar-refractivity contribution in [3.05, 3.63) is 35.6 Å². The molecule has 1 aliphatic rings. The molecule has 0 radical (unpaired) electrons. The summed E-state index contributed by atoms with van der Waals surface area (Å²) in [6, 6.07) is 6.68. The van der Waals surface area contributed by atoms with Crippen LogP contribution in [-0.4, -0.2) is 23.4 Å². The highest BCUT2D eigenvalue weighted by Gasteiger charge is 2.24. The van der Waals surface area contributed by atoms with Crippen LogP contribution in [0.25, 0.3) is 11.0 Å². The Morgan fingerprint density at radius 1 is 1.30 bits per heavy atom. The molecule has 1 fully saturated rings. The molecule has 1 atom stereocenters. The fraction of sp³-hybridized carbons (Fsp3) is 0.550. The Kier molecular flexibility index (Phi) is 4.22. The molecule has 0 N–H and O–H groups in total. The SMILES string of the molecule is CC1CCCCN1C(=O)Cc1coc2ccc(C(C)(C)C)cc12. The molecule has 0 spiro atoms. The Labute approximate surface area is 138 Å². The van der Waals surface area contributed by atoms with Crippen molar-refractivity contribution in [1.82, 2.24) is 4.90 Å². The average Bonchev–Trinajstić information content (AvgIpc) is 2.89. The van der Waals surface area contributed by atoms with Crippen molar-refractivity contribution < 1.29 is 9.21 Å². The highest BCUT2D eigenvalue weighted by atomic mass is 16.3. The molecular formula is C20H27NO2. The first-order valence-electron chi connectivity index (χ1n) is 8.66. The third-order valence-electron chi connectivity index (χ3n) is 4.98. The highest BCUT2D eigenvalue weighted by molar-refractivity contribution is 5.88. The number of fused-ring (bicyclic) bond motifs is 1. The van der Waals surface area contributed by atoms with Gasteiger partial charge >= 0.3 is 0 Å². The van der Waals surface area contributed by atoms with Crippen molar-refractivity contribution in [2.75, 3.05) is 6.54 Å². The van der Waals surface area contributed by atoms with E-state index in [-0.39, 0.29) is 11.3 Å². The minimum absolute atomic E-state index is 0.0914. The van der Waals surface area contributed by atoms with Gasteiger partial charge in [0.15, 0.2) is 0 Å². The van der Waals surface area contributed by atoms with Gasteiger partial charge in [0.25, 0.3) is 0 Å². The van der Waals surface area contributed by atoms with Crippen molar-refractivity contribution >= 4 is 16.9 Å². The maximum Gasteiger partial charge on any atom is 0.227 e. The molecule has 0 bridgehead atoms. The van der Waals surface area contributed by atoms with Crippen LogP contribution in [0.2, 0.25) is 0 Å². The summed E-state index contributed by atoms with van der Waals surface area (Å²) in [6.45, 7) is 9.66. The standard InChI is InChI=1S/C20H27NO2/c1-14-7-5-6-10-21(14)19(22)11-15-13-23-18-9-8-16(12-17(15)18)20(2,3)4/h8-9,12-14H,5-7,10-11H2,1-4H3. The zero-order valence-corrected chi connectivity index (χ0v) is 14.7. The molecule has 1 aromatic carbocycles. The Bertz CT molecular complexity index is 708. The van der Waals surface area contributed by atoms with Crippen molar-refractivity contribution in [3.8, 4) is 0 Å². The van der Waals surface area contributed by atoms with E-state index in [1.807, 2.05) is 11.0 Å². The molecule has 1 aromatic heterocycles. The lowest BCUT2D eigenvalue weighted by molar-refractivity contribution is -0.133. The third-order valence-corrected chi connectivity index (χ3v) is 4.98. The second-order valence-corrected chi connectivity index (χ2v) is 7.83. The predicted octanol–water partition coefficient (Wildman–Crippen LogP) is 4.67. The quantitative estimate of drug-likeness (QED) is 0.807. The van der Waals surface area contributed by atoms with E-state index < -0.39 is 0 Å². The summed E-state index contributed by atoms with van der Waals surface area (Å²) >= 11 is 0. The predicted molar refractivity (Wildman–Crippen MR) is 93.6 cm³/mol. The van der Waals surface area contributed by atoms with Gasteiger partial charge in [0, 0.05) is 23.5 Å². The molecule has 0 aliphatic carbocycles. The summed E-state index contributed by atoms with van der Waals surface area (Å²) in [7, 11) is 0. The molecule has 3 nitrogen and oxygen atoms in total. The van der Waals surface area contributed by atoms with Crippen LogP contribution in [0, 0.1) is 0 Å². The molecular weight excluding hydrogens is 286 g/mol. The summed E-state index contributed by atoms with van der Waals surface area (Å²) in [4.78, 5) is 14.7. The van der Waals surface area contributed by atoms with E-state index in [1.165, 1.54) is 12.0 Å². The highest BCUT2D eigenvalue weighted by Crippen LogP contribution is 2.29. The fourth-order valence-electron chi connectivity index (χ4n) is 3.42. The number of carbonyl (C=O) groups excluding carboxylic acids is 1. The maximum absolute atomic E-state index is 12.7. The van der Waals surface area contributed by atoms with Gasteiger partial charge in [0.05, 0.1) is 12.7 Å². The number of likely N-dealkylation sites (tertiary alicyclic amines) is 1. The molecule has 1 unspecified atom stereocenters. The van der Waals surface area contributed by atoms with Crippen molar-refractivity contribution in [1.29, 1.82) is 0 Å². The van der Waals surface area contributed by atoms with Crippen molar-refractivity contribution in [2.45, 2.75) is 64.8 Å². The Morgan fingerprint density at radius 3 is 2.78 bits per heavy atom. The number of hydrogen-bond acceptors (Lipinski definition) is 2. The lowest BCUT2D eigenvalue weighted by atomic mass is 9.86. The summed E-state index contributed by atoms with van der Waals surface area (Å²) in [5.41, 5.74) is 3.24. The van der Waals surface area contributed by atoms with E-state index in [2.05, 4.69) is 39.8 Å². The van der Waals surface area contributed by atoms with Gasteiger partial charge in [-0.2, -0.15) is 0 Å². The van der Waals surface area contributed by atoms with E-state index in [4.69, 9.17) is 4.42 Å². The van der Waals surface area contributed by atoms with Gasteiger partial charge in [-0.15, -0.1) is 0 Å². The summed E-state index contributed by atoms with van der Waals surface area (Å²) < 4.78 is 5.66. The van der Waals surface area contributed by atoms with Crippen molar-refractivity contribution in [2.24, 2.45) is 0 Å². The van der Waals surface area contributed by atoms with Crippen LogP contribution in [0.15, 0.2) is 28.9 Å². The monoisotopic (exact) mass is 313 g/mol. The first-order chi connectivity index (χ1) is 10.9. The first kappa shape index (κ1) is 16.1. The van der Waals surface area contributed by atoms with Crippen molar-refractivity contribution in [3.63, 3.8) is 0 Å². The Hall–Kier alpha value is -1.77. The molecule has 1 saturated heterocycles. The first-order valence-corrected chi connectivity index (χ1v) is 8.66. The molecule has 2 aromatic rings. The van der Waals surface area contributed by atoms with E-state index in [0.717, 1.165) is 35.9 Å². The molecule has 0 saturated carbocycles. The van der Waals surface area contributed by atoms with Gasteiger partial charge in [0.2, 0.25) is 5.91 Å². The molecule has 1 amide bonds. The second kappa shape index (κ2) is 6.03. The number of carbonyl (C=O) groups is 1. The van der Waals surface area contributed by atoms with Crippen LogP contribution in [0.5, 0.6) is 0 Å². The lowest BCUT2D eigenvalue weighted by Crippen LogP contribution is -2.42. The average molecular weight is 313 g/mol. The van der Waals surface area contributed by atoms with Crippen LogP contribution < -0.4 is 0 Å². The number of hydrogen-bond donors (Lipinski definition) is 0. The lowest BCUT2D eigenvalue weighted by Gasteiger charge is -2.33. The Balaban J connectivity index is 1.86. The number of furan rings is 1. The smallest absolute Gasteiger partial charge is 0.227 e. The zero-order valence-electron chi connectivity index (χ0n) is 14.7. The van der Waals surface area contributed by atoms with Gasteiger partial charge in [-0.1, -0.05) is 26.8 Å². The van der Waals surface area contributed by atoms with E-state index in [9.17, 15) is 4.79 Å². The second-order valence-electron chi connectivity index (χ2n) is 7.83. The summed E-state index contributed by atoms with van der Waals surface area (Å²) in [5, 5.41) is 1.08. The van der Waals surface area contributed by atoms with Gasteiger partial charge in [-0.3, -0.25) is 4.79 Å². The molecule has 1 aliphatic heterocycles. The number of rotatable bonds is 2. The van der Waals surface area contributed by atoms with E-state index in [1.54, 1.807) is 6.26 Å². The van der Waals surface area contributed by atoms with Gasteiger partial charge < -0.3 is 9.32 Å². The minimum Gasteiger partial charge on any atom is -0.464 e. The zero-order chi connectivity index (χ0) is 16.6. The number of nitrogens with zero attached hydrogens (tertiary/aromatic N) is 1. The summed E-state index contributed by atoms with van der Waals surface area (Å²) in [5.74, 6) is 0.223. The molecule has 2 heterocycles. The van der Waals surface area contributed by atoms with Crippen LogP contribution in [0.3, 0.4) is 0 Å². The normalized spacial score (nSPS) is 19.3. The molecule has 3 rings (SSSR count). The van der Waals surface area contributed by atoms with Gasteiger partial charge in [-0.25, -0.2) is 0 Å². The van der Waals surface area contributed by atoms with Crippen LogP contribution in [0.4, 0.5) is 0 Å². The Morgan fingerprint density at radius 2 is 2.09 bits per heavy atom. The van der Waals surface area contributed by atoms with Crippen LogP contribution in [0.1, 0.15) is 58.1 Å². The van der Waals surface area contributed by atoms with E-state index in [0.29, 0.717) is 12.5 Å². The van der Waals surface area contributed by atoms with Crippen LogP contribution >= 0.6 is 0 Å². The topological polar surface area (TPSA) is 33.5 Å².